The topological polar surface area (TPSA) is 94.5 Å². The molecular formula is C25H32N4O4. The minimum absolute atomic E-state index is 0.185. The zero-order chi connectivity index (χ0) is 23.8. The van der Waals surface area contributed by atoms with Crippen molar-refractivity contribution in [3.63, 3.8) is 0 Å². The molecule has 0 bridgehead atoms. The molecule has 0 spiro atoms. The van der Waals surface area contributed by atoms with Crippen molar-refractivity contribution in [2.45, 2.75) is 45.7 Å². The standard InChI is InChI=1S/C25H32N4O4/c1-5-17(2)27-19-15-20-22(28-21(30)12-11-18-9-7-6-8-10-18)23(25(31)33-4)29(13-14-32-3)24(20)26-16-19/h6-10,15-17,27H,5,11-14H2,1-4H3,(H,28,30)/t17-/m1/s1. The zero-order valence-corrected chi connectivity index (χ0v) is 19.7. The number of rotatable bonds is 11. The van der Waals surface area contributed by atoms with Crippen molar-refractivity contribution < 1.29 is 19.1 Å². The summed E-state index contributed by atoms with van der Waals surface area (Å²) in [4.78, 5) is 30.3. The first kappa shape index (κ1) is 24.3. The van der Waals surface area contributed by atoms with Crippen LogP contribution in [0.25, 0.3) is 11.0 Å². The van der Waals surface area contributed by atoms with Crippen LogP contribution in [-0.2, 0) is 27.2 Å². The highest BCUT2D eigenvalue weighted by molar-refractivity contribution is 6.11. The number of aromatic nitrogens is 2. The van der Waals surface area contributed by atoms with Crippen LogP contribution in [-0.4, -0.2) is 48.3 Å². The second kappa shape index (κ2) is 11.5. The van der Waals surface area contributed by atoms with E-state index in [1.54, 1.807) is 17.9 Å². The number of benzene rings is 1. The van der Waals surface area contributed by atoms with E-state index >= 15 is 0 Å². The van der Waals surface area contributed by atoms with Crippen LogP contribution in [0, 0.1) is 0 Å². The van der Waals surface area contributed by atoms with Crippen LogP contribution in [0.15, 0.2) is 42.6 Å². The van der Waals surface area contributed by atoms with E-state index in [-0.39, 0.29) is 24.1 Å². The van der Waals surface area contributed by atoms with Crippen molar-refractivity contribution in [1.82, 2.24) is 9.55 Å². The number of pyridine rings is 1. The van der Waals surface area contributed by atoms with Crippen LogP contribution in [0.4, 0.5) is 11.4 Å². The van der Waals surface area contributed by atoms with Gasteiger partial charge in [-0.2, -0.15) is 0 Å². The van der Waals surface area contributed by atoms with E-state index < -0.39 is 5.97 Å². The Morgan fingerprint density at radius 1 is 1.18 bits per heavy atom. The second-order valence-electron chi connectivity index (χ2n) is 7.94. The average molecular weight is 453 g/mol. The van der Waals surface area contributed by atoms with Crippen molar-refractivity contribution in [2.24, 2.45) is 0 Å². The number of carbonyl (C=O) groups excluding carboxylic acids is 2. The Morgan fingerprint density at radius 2 is 1.94 bits per heavy atom. The number of methoxy groups -OCH3 is 2. The molecule has 0 unspecified atom stereocenters. The zero-order valence-electron chi connectivity index (χ0n) is 19.7. The van der Waals surface area contributed by atoms with E-state index in [0.29, 0.717) is 36.3 Å². The van der Waals surface area contributed by atoms with Gasteiger partial charge in [0.1, 0.15) is 5.65 Å². The highest BCUT2D eigenvalue weighted by Gasteiger charge is 2.26. The molecule has 8 nitrogen and oxygen atoms in total. The average Bonchev–Trinajstić information content (AvgIpc) is 3.13. The maximum absolute atomic E-state index is 12.9. The van der Waals surface area contributed by atoms with Crippen LogP contribution in [0.5, 0.6) is 0 Å². The molecule has 3 aromatic rings. The smallest absolute Gasteiger partial charge is 0.356 e. The fourth-order valence-electron chi connectivity index (χ4n) is 3.63. The molecule has 2 N–H and O–H groups in total. The van der Waals surface area contributed by atoms with Crippen molar-refractivity contribution in [1.29, 1.82) is 0 Å². The lowest BCUT2D eigenvalue weighted by molar-refractivity contribution is -0.116. The van der Waals surface area contributed by atoms with Crippen molar-refractivity contribution in [2.75, 3.05) is 31.5 Å². The van der Waals surface area contributed by atoms with Crippen molar-refractivity contribution in [3.05, 3.63) is 53.9 Å². The van der Waals surface area contributed by atoms with Crippen LogP contribution >= 0.6 is 0 Å². The molecule has 1 amide bonds. The lowest BCUT2D eigenvalue weighted by Gasteiger charge is -2.13. The fraction of sp³-hybridized carbons (Fsp3) is 0.400. The Labute approximate surface area is 194 Å². The Morgan fingerprint density at radius 3 is 2.61 bits per heavy atom. The van der Waals surface area contributed by atoms with Gasteiger partial charge in [0.25, 0.3) is 0 Å². The molecule has 8 heteroatoms. The number of anilines is 2. The van der Waals surface area contributed by atoms with E-state index in [4.69, 9.17) is 9.47 Å². The maximum atomic E-state index is 12.9. The third kappa shape index (κ3) is 5.90. The first-order valence-electron chi connectivity index (χ1n) is 11.2. The molecule has 0 aliphatic rings. The monoisotopic (exact) mass is 452 g/mol. The lowest BCUT2D eigenvalue weighted by atomic mass is 10.1. The van der Waals surface area contributed by atoms with E-state index in [0.717, 1.165) is 17.7 Å². The number of nitrogens with zero attached hydrogens (tertiary/aromatic N) is 2. The Kier molecular flexibility index (Phi) is 8.43. The third-order valence-corrected chi connectivity index (χ3v) is 5.57. The SMILES string of the molecule is CC[C@@H](C)Nc1cnc2c(c1)c(NC(=O)CCc1ccccc1)c(C(=O)OC)n2CCOC. The fourth-order valence-corrected chi connectivity index (χ4v) is 3.63. The second-order valence-corrected chi connectivity index (χ2v) is 7.94. The van der Waals surface area contributed by atoms with E-state index in [9.17, 15) is 9.59 Å². The van der Waals surface area contributed by atoms with Crippen LogP contribution < -0.4 is 10.6 Å². The highest BCUT2D eigenvalue weighted by Crippen LogP contribution is 2.33. The molecule has 0 saturated carbocycles. The van der Waals surface area contributed by atoms with Gasteiger partial charge in [-0.15, -0.1) is 0 Å². The van der Waals surface area contributed by atoms with Gasteiger partial charge in [-0.3, -0.25) is 4.79 Å². The van der Waals surface area contributed by atoms with Gasteiger partial charge in [0, 0.05) is 31.5 Å². The molecule has 3 rings (SSSR count). The van der Waals surface area contributed by atoms with Crippen molar-refractivity contribution >= 4 is 34.3 Å². The predicted octanol–water partition coefficient (Wildman–Crippen LogP) is 4.25. The van der Waals surface area contributed by atoms with E-state index in [1.807, 2.05) is 36.4 Å². The number of esters is 1. The highest BCUT2D eigenvalue weighted by atomic mass is 16.5. The number of ether oxygens (including phenoxy) is 2. The summed E-state index contributed by atoms with van der Waals surface area (Å²) in [5.41, 5.74) is 3.14. The first-order valence-corrected chi connectivity index (χ1v) is 11.2. The molecule has 0 aliphatic heterocycles. The molecular weight excluding hydrogens is 420 g/mol. The maximum Gasteiger partial charge on any atom is 0.356 e. The van der Waals surface area contributed by atoms with Gasteiger partial charge in [-0.05, 0) is 31.4 Å². The van der Waals surface area contributed by atoms with Gasteiger partial charge in [0.05, 0.1) is 31.3 Å². The van der Waals surface area contributed by atoms with Gasteiger partial charge in [0.15, 0.2) is 5.69 Å². The largest absolute Gasteiger partial charge is 0.464 e. The van der Waals surface area contributed by atoms with E-state index in [1.165, 1.54) is 7.11 Å². The summed E-state index contributed by atoms with van der Waals surface area (Å²) < 4.78 is 12.0. The number of aryl methyl sites for hydroxylation is 1. The minimum Gasteiger partial charge on any atom is -0.464 e. The Hall–Kier alpha value is -3.39. The summed E-state index contributed by atoms with van der Waals surface area (Å²) in [6.45, 7) is 4.95. The molecule has 0 aliphatic carbocycles. The molecule has 2 aromatic heterocycles. The molecule has 0 radical (unpaired) electrons. The normalized spacial score (nSPS) is 11.9. The van der Waals surface area contributed by atoms with Crippen LogP contribution in [0.1, 0.15) is 42.7 Å². The van der Waals surface area contributed by atoms with Gasteiger partial charge >= 0.3 is 5.97 Å². The van der Waals surface area contributed by atoms with Gasteiger partial charge in [-0.1, -0.05) is 37.3 Å². The molecule has 0 saturated heterocycles. The lowest BCUT2D eigenvalue weighted by Crippen LogP contribution is -2.18. The molecule has 2 heterocycles. The number of hydrogen-bond donors (Lipinski definition) is 2. The number of hydrogen-bond acceptors (Lipinski definition) is 6. The quantitative estimate of drug-likeness (QED) is 0.423. The molecule has 176 valence electrons. The van der Waals surface area contributed by atoms with Crippen molar-refractivity contribution in [3.8, 4) is 0 Å². The number of carbonyl (C=O) groups is 2. The van der Waals surface area contributed by atoms with Crippen LogP contribution in [0.2, 0.25) is 0 Å². The van der Waals surface area contributed by atoms with Gasteiger partial charge in [0.2, 0.25) is 5.91 Å². The van der Waals surface area contributed by atoms with Gasteiger partial charge in [-0.25, -0.2) is 9.78 Å². The Balaban J connectivity index is 2.01. The first-order chi connectivity index (χ1) is 16.0. The number of nitrogens with one attached hydrogen (secondary N) is 2. The molecule has 1 atom stereocenters. The number of amides is 1. The summed E-state index contributed by atoms with van der Waals surface area (Å²) >= 11 is 0. The Bertz CT molecular complexity index is 1090. The molecule has 0 fully saturated rings. The van der Waals surface area contributed by atoms with Crippen LogP contribution in [0.3, 0.4) is 0 Å². The molecule has 1 aromatic carbocycles. The summed E-state index contributed by atoms with van der Waals surface area (Å²) in [5, 5.41) is 7.04. The predicted molar refractivity (Wildman–Crippen MR) is 130 cm³/mol. The van der Waals surface area contributed by atoms with Gasteiger partial charge < -0.3 is 24.7 Å². The number of fused-ring (bicyclic) bond motifs is 1. The minimum atomic E-state index is -0.543. The van der Waals surface area contributed by atoms with E-state index in [2.05, 4.69) is 29.5 Å². The molecule has 33 heavy (non-hydrogen) atoms. The summed E-state index contributed by atoms with van der Waals surface area (Å²) in [5.74, 6) is -0.728. The summed E-state index contributed by atoms with van der Waals surface area (Å²) in [6, 6.07) is 12.0. The summed E-state index contributed by atoms with van der Waals surface area (Å²) in [7, 11) is 2.92. The summed E-state index contributed by atoms with van der Waals surface area (Å²) in [6.07, 6.45) is 3.57. The third-order valence-electron chi connectivity index (χ3n) is 5.57.